The number of amides is 2. The number of nitrogens with zero attached hydrogens (tertiary/aromatic N) is 2. The third-order valence-corrected chi connectivity index (χ3v) is 6.39. The highest BCUT2D eigenvalue weighted by atomic mass is 16.5. The van der Waals surface area contributed by atoms with Crippen molar-refractivity contribution in [1.29, 1.82) is 0 Å². The molecule has 0 aliphatic heterocycles. The Labute approximate surface area is 180 Å². The number of nitrogens with one attached hydrogen (secondary N) is 1. The Morgan fingerprint density at radius 3 is 2.71 bits per heavy atom. The van der Waals surface area contributed by atoms with E-state index in [1.807, 2.05) is 31.2 Å². The van der Waals surface area contributed by atoms with Crippen LogP contribution in [0.3, 0.4) is 0 Å². The zero-order valence-electron chi connectivity index (χ0n) is 17.7. The van der Waals surface area contributed by atoms with Gasteiger partial charge in [-0.25, -0.2) is 9.78 Å². The third kappa shape index (κ3) is 4.52. The van der Waals surface area contributed by atoms with Crippen LogP contribution in [0.2, 0.25) is 0 Å². The summed E-state index contributed by atoms with van der Waals surface area (Å²) in [6.07, 6.45) is 6.50. The molecule has 2 fully saturated rings. The number of aromatic nitrogens is 2. The largest absolute Gasteiger partial charge is 0.493 e. The summed E-state index contributed by atoms with van der Waals surface area (Å²) in [6, 6.07) is 6.96. The molecule has 2 heterocycles. The molecular weight excluding hydrogens is 396 g/mol. The number of fused-ring (bicyclic) bond motifs is 1. The average Bonchev–Trinajstić information content (AvgIpc) is 3.29. The van der Waals surface area contributed by atoms with Crippen LogP contribution in [0.15, 0.2) is 33.2 Å². The molecule has 8 heteroatoms. The number of urea groups is 1. The van der Waals surface area contributed by atoms with Crippen molar-refractivity contribution < 1.29 is 18.5 Å². The maximum atomic E-state index is 11.0. The number of carbonyl (C=O) groups excluding carboxylic acids is 1. The van der Waals surface area contributed by atoms with Crippen LogP contribution in [-0.4, -0.2) is 22.8 Å². The summed E-state index contributed by atoms with van der Waals surface area (Å²) < 4.78 is 17.4. The van der Waals surface area contributed by atoms with Crippen LogP contribution in [0.25, 0.3) is 11.1 Å². The van der Waals surface area contributed by atoms with Crippen LogP contribution in [0.4, 0.5) is 4.79 Å². The van der Waals surface area contributed by atoms with E-state index >= 15 is 0 Å². The smallest absolute Gasteiger partial charge is 0.312 e. The minimum atomic E-state index is -0.578. The molecule has 8 nitrogen and oxygen atoms in total. The summed E-state index contributed by atoms with van der Waals surface area (Å²) in [5.41, 5.74) is 7.79. The number of ether oxygens (including phenoxy) is 1. The number of benzene rings is 1. The molecule has 2 aromatic heterocycles. The van der Waals surface area contributed by atoms with Crippen molar-refractivity contribution in [3.8, 4) is 5.75 Å². The molecule has 3 aromatic rings. The molecule has 0 saturated heterocycles. The fraction of sp³-hybridized carbons (Fsp3) is 0.522. The molecular formula is C23H28N4O4. The Bertz CT molecular complexity index is 1060. The Kier molecular flexibility index (Phi) is 5.29. The Balaban J connectivity index is 1.20. The molecule has 164 valence electrons. The number of carbonyl (C=O) groups is 1. The van der Waals surface area contributed by atoms with E-state index in [0.29, 0.717) is 17.6 Å². The van der Waals surface area contributed by atoms with E-state index < -0.39 is 6.03 Å². The Hall–Kier alpha value is -3.03. The number of oxazole rings is 1. The fourth-order valence-electron chi connectivity index (χ4n) is 4.31. The first-order valence-electron chi connectivity index (χ1n) is 11.1. The summed E-state index contributed by atoms with van der Waals surface area (Å²) in [6.45, 7) is 2.61. The number of hydrogen-bond acceptors (Lipinski definition) is 6. The first kappa shape index (κ1) is 19.9. The maximum Gasteiger partial charge on any atom is 0.312 e. The van der Waals surface area contributed by atoms with E-state index in [0.717, 1.165) is 66.6 Å². The Morgan fingerprint density at radius 2 is 1.97 bits per heavy atom. The summed E-state index contributed by atoms with van der Waals surface area (Å²) in [4.78, 5) is 15.8. The van der Waals surface area contributed by atoms with Crippen molar-refractivity contribution in [2.45, 2.75) is 63.3 Å². The second-order valence-corrected chi connectivity index (χ2v) is 8.87. The molecule has 1 aromatic carbocycles. The van der Waals surface area contributed by atoms with Crippen molar-refractivity contribution in [1.82, 2.24) is 15.5 Å². The highest BCUT2D eigenvalue weighted by molar-refractivity contribution is 5.74. The Morgan fingerprint density at radius 1 is 1.19 bits per heavy atom. The predicted molar refractivity (Wildman–Crippen MR) is 114 cm³/mol. The van der Waals surface area contributed by atoms with Gasteiger partial charge in [0.25, 0.3) is 0 Å². The van der Waals surface area contributed by atoms with Crippen LogP contribution in [0.1, 0.15) is 80.7 Å². The van der Waals surface area contributed by atoms with Crippen molar-refractivity contribution in [2.24, 2.45) is 11.7 Å². The molecule has 2 aliphatic carbocycles. The van der Waals surface area contributed by atoms with Crippen molar-refractivity contribution in [2.75, 3.05) is 6.61 Å². The third-order valence-electron chi connectivity index (χ3n) is 6.39. The second kappa shape index (κ2) is 8.24. The first-order chi connectivity index (χ1) is 15.0. The first-order valence-corrected chi connectivity index (χ1v) is 11.1. The van der Waals surface area contributed by atoms with Gasteiger partial charge in [0.05, 0.1) is 18.3 Å². The number of hydrogen-bond donors (Lipinski definition) is 2. The van der Waals surface area contributed by atoms with Crippen molar-refractivity contribution >= 4 is 17.1 Å². The standard InChI is InChI=1S/C23H28N4O4/c1-13(25-23(24)28)20-11-19(27-31-20)15-4-6-16(7-5-15)22-26-18-9-8-17(10-21(18)30-22)29-12-14-2-3-14/h8-11,13-16H,2-7,12H2,1H3,(H3,24,25,28)/t13-,15?,16?/m0/s1. The average molecular weight is 425 g/mol. The SMILES string of the molecule is C[C@H](NC(N)=O)c1cc(C2CCC(c3nc4ccc(OCC5CC5)cc4o3)CC2)no1. The molecule has 5 rings (SSSR count). The lowest BCUT2D eigenvalue weighted by Gasteiger charge is -2.25. The highest BCUT2D eigenvalue weighted by Crippen LogP contribution is 2.41. The van der Waals surface area contributed by atoms with E-state index in [1.54, 1.807) is 0 Å². The van der Waals surface area contributed by atoms with Gasteiger partial charge in [-0.15, -0.1) is 0 Å². The minimum Gasteiger partial charge on any atom is -0.493 e. The normalized spacial score (nSPS) is 22.4. The fourth-order valence-corrected chi connectivity index (χ4v) is 4.31. The minimum absolute atomic E-state index is 0.298. The summed E-state index contributed by atoms with van der Waals surface area (Å²) in [5.74, 6) is 3.65. The lowest BCUT2D eigenvalue weighted by molar-refractivity contribution is 0.242. The van der Waals surface area contributed by atoms with E-state index in [-0.39, 0.29) is 6.04 Å². The summed E-state index contributed by atoms with van der Waals surface area (Å²) in [5, 5.41) is 6.84. The van der Waals surface area contributed by atoms with Gasteiger partial charge >= 0.3 is 6.03 Å². The predicted octanol–water partition coefficient (Wildman–Crippen LogP) is 4.78. The van der Waals surface area contributed by atoms with Crippen LogP contribution >= 0.6 is 0 Å². The van der Waals surface area contributed by atoms with E-state index in [1.165, 1.54) is 12.8 Å². The van der Waals surface area contributed by atoms with Gasteiger partial charge in [0.15, 0.2) is 17.2 Å². The molecule has 0 spiro atoms. The molecule has 0 unspecified atom stereocenters. The molecule has 2 amide bonds. The van der Waals surface area contributed by atoms with Crippen molar-refractivity contribution in [3.05, 3.63) is 41.6 Å². The van der Waals surface area contributed by atoms with Crippen LogP contribution in [-0.2, 0) is 0 Å². The zero-order chi connectivity index (χ0) is 21.4. The lowest BCUT2D eigenvalue weighted by Crippen LogP contribution is -2.31. The zero-order valence-corrected chi connectivity index (χ0v) is 17.7. The molecule has 1 atom stereocenters. The topological polar surface area (TPSA) is 116 Å². The number of primary amides is 1. The van der Waals surface area contributed by atoms with Crippen LogP contribution in [0, 0.1) is 5.92 Å². The molecule has 2 saturated carbocycles. The van der Waals surface area contributed by atoms with Crippen LogP contribution in [0.5, 0.6) is 5.75 Å². The van der Waals surface area contributed by atoms with Gasteiger partial charge in [-0.05, 0) is 63.5 Å². The molecule has 3 N–H and O–H groups in total. The maximum absolute atomic E-state index is 11.0. The van der Waals surface area contributed by atoms with Crippen molar-refractivity contribution in [3.63, 3.8) is 0 Å². The molecule has 2 aliphatic rings. The van der Waals surface area contributed by atoms with Gasteiger partial charge in [0.2, 0.25) is 0 Å². The second-order valence-electron chi connectivity index (χ2n) is 8.87. The van der Waals surface area contributed by atoms with E-state index in [4.69, 9.17) is 24.4 Å². The van der Waals surface area contributed by atoms with Gasteiger partial charge in [0, 0.05) is 24.0 Å². The molecule has 31 heavy (non-hydrogen) atoms. The quantitative estimate of drug-likeness (QED) is 0.564. The molecule has 0 radical (unpaired) electrons. The molecule has 0 bridgehead atoms. The summed E-state index contributed by atoms with van der Waals surface area (Å²) in [7, 11) is 0. The van der Waals surface area contributed by atoms with Gasteiger partial charge in [-0.1, -0.05) is 5.16 Å². The monoisotopic (exact) mass is 424 g/mol. The van der Waals surface area contributed by atoms with Gasteiger partial charge in [-0.2, -0.15) is 0 Å². The number of rotatable bonds is 7. The van der Waals surface area contributed by atoms with Gasteiger partial charge in [0.1, 0.15) is 11.3 Å². The van der Waals surface area contributed by atoms with E-state index in [9.17, 15) is 4.79 Å². The summed E-state index contributed by atoms with van der Waals surface area (Å²) >= 11 is 0. The number of nitrogens with two attached hydrogens (primary N) is 1. The highest BCUT2D eigenvalue weighted by Gasteiger charge is 2.29. The van der Waals surface area contributed by atoms with Gasteiger partial charge < -0.3 is 24.7 Å². The lowest BCUT2D eigenvalue weighted by atomic mass is 9.80. The van der Waals surface area contributed by atoms with Crippen LogP contribution < -0.4 is 15.8 Å². The van der Waals surface area contributed by atoms with E-state index in [2.05, 4.69) is 10.5 Å². The van der Waals surface area contributed by atoms with Gasteiger partial charge in [-0.3, -0.25) is 0 Å².